The molecule has 0 bridgehead atoms. The summed E-state index contributed by atoms with van der Waals surface area (Å²) in [6, 6.07) is 54.8. The van der Waals surface area contributed by atoms with E-state index in [2.05, 4.69) is 115 Å². The van der Waals surface area contributed by atoms with Crippen LogP contribution < -0.4 is 4.74 Å². The molecule has 0 aliphatic carbocycles. The van der Waals surface area contributed by atoms with Crippen LogP contribution in [0.5, 0.6) is 11.5 Å². The van der Waals surface area contributed by atoms with Crippen molar-refractivity contribution in [2.75, 3.05) is 0 Å². The van der Waals surface area contributed by atoms with Crippen LogP contribution in [0.15, 0.2) is 158 Å². The summed E-state index contributed by atoms with van der Waals surface area (Å²) in [5.41, 5.74) is 7.95. The van der Waals surface area contributed by atoms with Crippen molar-refractivity contribution in [3.63, 3.8) is 0 Å². The van der Waals surface area contributed by atoms with Crippen LogP contribution >= 0.6 is 0 Å². The van der Waals surface area contributed by atoms with E-state index >= 15 is 0 Å². The van der Waals surface area contributed by atoms with Crippen molar-refractivity contribution in [2.24, 2.45) is 0 Å². The van der Waals surface area contributed by atoms with Gasteiger partial charge < -0.3 is 4.74 Å². The molecule has 0 amide bonds. The Kier molecular flexibility index (Phi) is 5.68. The summed E-state index contributed by atoms with van der Waals surface area (Å²) in [6.07, 6.45) is 0. The highest BCUT2D eigenvalue weighted by Gasteiger charge is 2.45. The minimum atomic E-state index is -0.551. The van der Waals surface area contributed by atoms with Crippen molar-refractivity contribution in [2.45, 2.75) is 5.41 Å². The van der Waals surface area contributed by atoms with Crippen molar-refractivity contribution < 1.29 is 4.74 Å². The summed E-state index contributed by atoms with van der Waals surface area (Å²) in [4.78, 5) is 10.1. The van der Waals surface area contributed by atoms with Gasteiger partial charge in [-0.2, -0.15) is 0 Å². The number of ether oxygens (including phenoxy) is 1. The van der Waals surface area contributed by atoms with Gasteiger partial charge >= 0.3 is 0 Å². The maximum absolute atomic E-state index is 6.44. The monoisotopic (exact) mass is 538 g/mol. The van der Waals surface area contributed by atoms with Crippen LogP contribution in [0.1, 0.15) is 22.3 Å². The number of para-hydroxylation sites is 3. The highest BCUT2D eigenvalue weighted by atomic mass is 16.5. The van der Waals surface area contributed by atoms with E-state index in [0.717, 1.165) is 55.9 Å². The van der Waals surface area contributed by atoms with Gasteiger partial charge in [-0.3, -0.25) is 0 Å². The molecule has 6 aromatic carbocycles. The summed E-state index contributed by atoms with van der Waals surface area (Å²) in [7, 11) is 0. The fourth-order valence-electron chi connectivity index (χ4n) is 6.36. The first kappa shape index (κ1) is 24.3. The normalized spacial score (nSPS) is 13.1. The summed E-state index contributed by atoms with van der Waals surface area (Å²) < 4.78 is 6.44. The molecule has 0 saturated heterocycles. The maximum Gasteiger partial charge on any atom is 0.160 e. The van der Waals surface area contributed by atoms with E-state index in [4.69, 9.17) is 14.7 Å². The van der Waals surface area contributed by atoms with Gasteiger partial charge in [0.25, 0.3) is 0 Å². The SMILES string of the molecule is c1ccc(-c2nc(-c3ccc(C4(c5ccccc5)c5ccccc5Oc5ccccc54)cc3)nc3ccccc23)cc1. The number of fused-ring (bicyclic) bond motifs is 3. The van der Waals surface area contributed by atoms with E-state index in [-0.39, 0.29) is 0 Å². The maximum atomic E-state index is 6.44. The number of benzene rings is 6. The van der Waals surface area contributed by atoms with E-state index in [0.29, 0.717) is 5.82 Å². The Labute approximate surface area is 244 Å². The van der Waals surface area contributed by atoms with Crippen LogP contribution in [0.25, 0.3) is 33.5 Å². The molecule has 0 spiro atoms. The van der Waals surface area contributed by atoms with Crippen molar-refractivity contribution in [1.82, 2.24) is 9.97 Å². The molecule has 1 aliphatic rings. The molecular weight excluding hydrogens is 512 g/mol. The molecular formula is C39H26N2O. The van der Waals surface area contributed by atoms with Crippen LogP contribution in [0, 0.1) is 0 Å². The lowest BCUT2D eigenvalue weighted by Gasteiger charge is -2.41. The zero-order valence-corrected chi connectivity index (χ0v) is 22.8. The molecule has 3 nitrogen and oxygen atoms in total. The lowest BCUT2D eigenvalue weighted by atomic mass is 9.63. The minimum absolute atomic E-state index is 0.551. The number of hydrogen-bond donors (Lipinski definition) is 0. The first-order chi connectivity index (χ1) is 20.8. The predicted molar refractivity (Wildman–Crippen MR) is 169 cm³/mol. The topological polar surface area (TPSA) is 35.0 Å². The first-order valence-electron chi connectivity index (χ1n) is 14.2. The first-order valence-corrected chi connectivity index (χ1v) is 14.2. The smallest absolute Gasteiger partial charge is 0.160 e. The average molecular weight is 539 g/mol. The van der Waals surface area contributed by atoms with Crippen molar-refractivity contribution in [3.8, 4) is 34.1 Å². The molecule has 0 N–H and O–H groups in total. The van der Waals surface area contributed by atoms with Gasteiger partial charge in [0, 0.05) is 27.6 Å². The molecule has 1 aliphatic heterocycles. The third kappa shape index (κ3) is 3.75. The molecule has 42 heavy (non-hydrogen) atoms. The van der Waals surface area contributed by atoms with Crippen molar-refractivity contribution in [3.05, 3.63) is 180 Å². The molecule has 7 aromatic rings. The largest absolute Gasteiger partial charge is 0.457 e. The summed E-state index contributed by atoms with van der Waals surface area (Å²) >= 11 is 0. The van der Waals surface area contributed by atoms with Crippen LogP contribution in [-0.4, -0.2) is 9.97 Å². The number of hydrogen-bond acceptors (Lipinski definition) is 3. The standard InChI is InChI=1S/C39H26N2O/c1-3-13-27(14-4-1)37-31-17-7-10-20-34(31)40-38(41-37)28-23-25-30(26-24-28)39(29-15-5-2-6-16-29)32-18-8-11-21-35(32)42-36-22-12-9-19-33(36)39/h1-26H. The Bertz CT molecular complexity index is 2010. The molecule has 198 valence electrons. The molecule has 0 saturated carbocycles. The fourth-order valence-corrected chi connectivity index (χ4v) is 6.36. The zero-order valence-electron chi connectivity index (χ0n) is 22.8. The Morgan fingerprint density at radius 2 is 0.976 bits per heavy atom. The van der Waals surface area contributed by atoms with E-state index in [9.17, 15) is 0 Å². The van der Waals surface area contributed by atoms with Crippen molar-refractivity contribution >= 4 is 10.9 Å². The van der Waals surface area contributed by atoms with Gasteiger partial charge in [-0.15, -0.1) is 0 Å². The summed E-state index contributed by atoms with van der Waals surface area (Å²) in [6.45, 7) is 0. The quantitative estimate of drug-likeness (QED) is 0.224. The highest BCUT2D eigenvalue weighted by molar-refractivity contribution is 5.93. The van der Waals surface area contributed by atoms with Crippen LogP contribution in [0.4, 0.5) is 0 Å². The third-order valence-electron chi connectivity index (χ3n) is 8.24. The molecule has 2 heterocycles. The van der Waals surface area contributed by atoms with Crippen LogP contribution in [0.3, 0.4) is 0 Å². The molecule has 0 radical (unpaired) electrons. The zero-order chi connectivity index (χ0) is 27.9. The van der Waals surface area contributed by atoms with Gasteiger partial charge in [-0.05, 0) is 29.3 Å². The van der Waals surface area contributed by atoms with E-state index in [1.54, 1.807) is 0 Å². The second kappa shape index (κ2) is 9.83. The minimum Gasteiger partial charge on any atom is -0.457 e. The Morgan fingerprint density at radius 1 is 0.429 bits per heavy atom. The van der Waals surface area contributed by atoms with Gasteiger partial charge in [-0.25, -0.2) is 9.97 Å². The molecule has 1 aromatic heterocycles. The van der Waals surface area contributed by atoms with Crippen LogP contribution in [-0.2, 0) is 5.41 Å². The Morgan fingerprint density at radius 3 is 1.67 bits per heavy atom. The third-order valence-corrected chi connectivity index (χ3v) is 8.24. The molecule has 3 heteroatoms. The average Bonchev–Trinajstić information content (AvgIpc) is 3.07. The van der Waals surface area contributed by atoms with Gasteiger partial charge in [0.15, 0.2) is 5.82 Å². The Hall–Kier alpha value is -5.54. The fraction of sp³-hybridized carbons (Fsp3) is 0.0256. The van der Waals surface area contributed by atoms with Crippen LogP contribution in [0.2, 0.25) is 0 Å². The summed E-state index contributed by atoms with van der Waals surface area (Å²) in [5.74, 6) is 2.45. The summed E-state index contributed by atoms with van der Waals surface area (Å²) in [5, 5.41) is 1.04. The van der Waals surface area contributed by atoms with E-state index < -0.39 is 5.41 Å². The lowest BCUT2D eigenvalue weighted by Crippen LogP contribution is -2.34. The van der Waals surface area contributed by atoms with Crippen molar-refractivity contribution in [1.29, 1.82) is 0 Å². The predicted octanol–water partition coefficient (Wildman–Crippen LogP) is 9.45. The molecule has 0 fully saturated rings. The van der Waals surface area contributed by atoms with Gasteiger partial charge in [0.2, 0.25) is 0 Å². The van der Waals surface area contributed by atoms with Gasteiger partial charge in [0.05, 0.1) is 16.6 Å². The second-order valence-electron chi connectivity index (χ2n) is 10.6. The van der Waals surface area contributed by atoms with Gasteiger partial charge in [-0.1, -0.05) is 140 Å². The molecule has 8 rings (SSSR count). The highest BCUT2D eigenvalue weighted by Crippen LogP contribution is 2.55. The number of nitrogens with zero attached hydrogens (tertiary/aromatic N) is 2. The van der Waals surface area contributed by atoms with Gasteiger partial charge in [0.1, 0.15) is 11.5 Å². The lowest BCUT2D eigenvalue weighted by molar-refractivity contribution is 0.434. The number of aromatic nitrogens is 2. The Balaban J connectivity index is 1.34. The van der Waals surface area contributed by atoms with E-state index in [1.165, 1.54) is 5.56 Å². The van der Waals surface area contributed by atoms with E-state index in [1.807, 2.05) is 42.5 Å². The molecule has 0 unspecified atom stereocenters. The second-order valence-corrected chi connectivity index (χ2v) is 10.6. The molecule has 0 atom stereocenters. The number of rotatable bonds is 4.